The molecule has 2 N–H and O–H groups in total. The summed E-state index contributed by atoms with van der Waals surface area (Å²) >= 11 is 5.78. The van der Waals surface area contributed by atoms with Crippen LogP contribution in [-0.2, 0) is 5.54 Å². The molecule has 1 aromatic rings. The maximum absolute atomic E-state index is 12.1. The smallest absolute Gasteiger partial charge is 0.404 e. The lowest BCUT2D eigenvalue weighted by Gasteiger charge is -2.17. The highest BCUT2D eigenvalue weighted by molar-refractivity contribution is 6.32. The second-order valence-corrected chi connectivity index (χ2v) is 5.63. The van der Waals surface area contributed by atoms with Crippen molar-refractivity contribution >= 4 is 11.6 Å². The van der Waals surface area contributed by atoms with Gasteiger partial charge in [0.2, 0.25) is 0 Å². The SMILES string of the molecule is CC1(C)CC1(N)c1ccc(OC(F)(F)F)c(Cl)c1. The number of nitrogens with two attached hydrogens (primary N) is 1. The van der Waals surface area contributed by atoms with Gasteiger partial charge >= 0.3 is 6.36 Å². The highest BCUT2D eigenvalue weighted by Gasteiger charge is 2.59. The minimum atomic E-state index is -4.75. The highest BCUT2D eigenvalue weighted by Crippen LogP contribution is 2.60. The normalized spacial score (nSPS) is 25.9. The van der Waals surface area contributed by atoms with Crippen molar-refractivity contribution in [2.75, 3.05) is 0 Å². The van der Waals surface area contributed by atoms with Crippen LogP contribution in [0.25, 0.3) is 0 Å². The molecule has 18 heavy (non-hydrogen) atoms. The molecule has 1 aliphatic carbocycles. The quantitative estimate of drug-likeness (QED) is 0.893. The molecule has 0 radical (unpaired) electrons. The van der Waals surface area contributed by atoms with Crippen LogP contribution in [-0.4, -0.2) is 6.36 Å². The Labute approximate surface area is 108 Å². The van der Waals surface area contributed by atoms with Gasteiger partial charge in [-0.2, -0.15) is 0 Å². The average Bonchev–Trinajstić information content (AvgIpc) is 2.68. The second kappa shape index (κ2) is 3.78. The van der Waals surface area contributed by atoms with Gasteiger partial charge in [0.05, 0.1) is 5.02 Å². The zero-order valence-corrected chi connectivity index (χ0v) is 10.7. The predicted molar refractivity (Wildman–Crippen MR) is 62.4 cm³/mol. The molecule has 100 valence electrons. The molecule has 1 aliphatic rings. The first-order chi connectivity index (χ1) is 8.05. The fourth-order valence-corrected chi connectivity index (χ4v) is 2.35. The topological polar surface area (TPSA) is 35.2 Å². The molecule has 1 aromatic carbocycles. The molecule has 0 saturated heterocycles. The molecule has 0 amide bonds. The molecule has 2 nitrogen and oxygen atoms in total. The third kappa shape index (κ3) is 2.29. The second-order valence-electron chi connectivity index (χ2n) is 5.23. The molecular weight excluding hydrogens is 267 g/mol. The summed E-state index contributed by atoms with van der Waals surface area (Å²) in [6, 6.07) is 4.17. The van der Waals surface area contributed by atoms with Gasteiger partial charge in [0.25, 0.3) is 0 Å². The van der Waals surface area contributed by atoms with E-state index < -0.39 is 17.7 Å². The van der Waals surface area contributed by atoms with E-state index in [1.807, 2.05) is 13.8 Å². The number of hydrogen-bond acceptors (Lipinski definition) is 2. The summed E-state index contributed by atoms with van der Waals surface area (Å²) in [5.74, 6) is -0.407. The van der Waals surface area contributed by atoms with Crippen molar-refractivity contribution in [3.63, 3.8) is 0 Å². The molecule has 0 aromatic heterocycles. The van der Waals surface area contributed by atoms with Crippen LogP contribution < -0.4 is 10.5 Å². The predicted octanol–water partition coefficient (Wildman–Crippen LogP) is 3.82. The highest BCUT2D eigenvalue weighted by atomic mass is 35.5. The maximum Gasteiger partial charge on any atom is 0.573 e. The molecule has 1 saturated carbocycles. The van der Waals surface area contributed by atoms with Crippen molar-refractivity contribution in [3.8, 4) is 5.75 Å². The largest absolute Gasteiger partial charge is 0.573 e. The van der Waals surface area contributed by atoms with Crippen molar-refractivity contribution in [1.29, 1.82) is 0 Å². The lowest BCUT2D eigenvalue weighted by molar-refractivity contribution is -0.274. The van der Waals surface area contributed by atoms with Crippen molar-refractivity contribution in [1.82, 2.24) is 0 Å². The minimum Gasteiger partial charge on any atom is -0.404 e. The molecule has 0 aliphatic heterocycles. The van der Waals surface area contributed by atoms with E-state index in [0.717, 1.165) is 12.0 Å². The number of ether oxygens (including phenoxy) is 1. The molecule has 1 unspecified atom stereocenters. The molecule has 0 spiro atoms. The molecule has 0 heterocycles. The molecule has 1 fully saturated rings. The number of alkyl halides is 3. The Balaban J connectivity index is 2.27. The van der Waals surface area contributed by atoms with Crippen LogP contribution >= 0.6 is 11.6 Å². The van der Waals surface area contributed by atoms with Crippen LogP contribution in [0.5, 0.6) is 5.75 Å². The van der Waals surface area contributed by atoms with Gasteiger partial charge in [-0.1, -0.05) is 31.5 Å². The molecule has 1 atom stereocenters. The lowest BCUT2D eigenvalue weighted by atomic mass is 9.97. The van der Waals surface area contributed by atoms with Crippen LogP contribution in [0.15, 0.2) is 18.2 Å². The third-order valence-electron chi connectivity index (χ3n) is 3.48. The zero-order chi connectivity index (χ0) is 13.8. The van der Waals surface area contributed by atoms with Crippen molar-refractivity contribution in [2.45, 2.75) is 32.2 Å². The van der Waals surface area contributed by atoms with Crippen molar-refractivity contribution < 1.29 is 17.9 Å². The molecule has 2 rings (SSSR count). The van der Waals surface area contributed by atoms with E-state index in [1.165, 1.54) is 18.2 Å². The van der Waals surface area contributed by atoms with Crippen LogP contribution in [0.3, 0.4) is 0 Å². The van der Waals surface area contributed by atoms with Crippen LogP contribution in [0, 0.1) is 5.41 Å². The fraction of sp³-hybridized carbons (Fsp3) is 0.500. The maximum atomic E-state index is 12.1. The Bertz CT molecular complexity index is 487. The molecule has 6 heteroatoms. The summed E-state index contributed by atoms with van der Waals surface area (Å²) in [6.07, 6.45) is -3.97. The first kappa shape index (κ1) is 13.5. The first-order valence-corrected chi connectivity index (χ1v) is 5.78. The van der Waals surface area contributed by atoms with Crippen LogP contribution in [0.2, 0.25) is 5.02 Å². The molecule has 0 bridgehead atoms. The number of hydrogen-bond donors (Lipinski definition) is 1. The van der Waals surface area contributed by atoms with Crippen molar-refractivity contribution in [3.05, 3.63) is 28.8 Å². The summed E-state index contributed by atoms with van der Waals surface area (Å²) in [7, 11) is 0. The van der Waals surface area contributed by atoms with Crippen LogP contribution in [0.4, 0.5) is 13.2 Å². The van der Waals surface area contributed by atoms with E-state index in [9.17, 15) is 13.2 Å². The van der Waals surface area contributed by atoms with E-state index in [0.29, 0.717) is 0 Å². The third-order valence-corrected chi connectivity index (χ3v) is 3.77. The summed E-state index contributed by atoms with van der Waals surface area (Å²) in [5, 5.41) is -0.0858. The summed E-state index contributed by atoms with van der Waals surface area (Å²) in [4.78, 5) is 0. The van der Waals surface area contributed by atoms with Gasteiger partial charge in [0.1, 0.15) is 5.75 Å². The van der Waals surface area contributed by atoms with E-state index in [-0.39, 0.29) is 10.4 Å². The Morgan fingerprint density at radius 1 is 1.33 bits per heavy atom. The van der Waals surface area contributed by atoms with Gasteiger partial charge in [0, 0.05) is 5.54 Å². The Kier molecular flexibility index (Phi) is 2.83. The van der Waals surface area contributed by atoms with E-state index in [4.69, 9.17) is 17.3 Å². The Morgan fingerprint density at radius 3 is 2.28 bits per heavy atom. The lowest BCUT2D eigenvalue weighted by Crippen LogP contribution is -2.25. The van der Waals surface area contributed by atoms with Gasteiger partial charge in [-0.05, 0) is 29.5 Å². The van der Waals surface area contributed by atoms with E-state index >= 15 is 0 Å². The van der Waals surface area contributed by atoms with Gasteiger partial charge in [-0.3, -0.25) is 0 Å². The first-order valence-electron chi connectivity index (χ1n) is 5.40. The number of halogens is 4. The number of benzene rings is 1. The Hall–Kier alpha value is -0.940. The average molecular weight is 280 g/mol. The van der Waals surface area contributed by atoms with Gasteiger partial charge in [-0.15, -0.1) is 13.2 Å². The van der Waals surface area contributed by atoms with Crippen molar-refractivity contribution in [2.24, 2.45) is 11.1 Å². The summed E-state index contributed by atoms with van der Waals surface area (Å²) < 4.78 is 40.1. The zero-order valence-electron chi connectivity index (χ0n) is 9.94. The molecular formula is C12H13ClF3NO. The standard InChI is InChI=1S/C12H13ClF3NO/c1-10(2)6-11(10,17)7-3-4-9(8(13)5-7)18-12(14,15)16/h3-5H,6,17H2,1-2H3. The van der Waals surface area contributed by atoms with E-state index in [2.05, 4.69) is 4.74 Å². The Morgan fingerprint density at radius 2 is 1.89 bits per heavy atom. The summed E-state index contributed by atoms with van der Waals surface area (Å²) in [6.45, 7) is 4.00. The van der Waals surface area contributed by atoms with Gasteiger partial charge in [0.15, 0.2) is 0 Å². The monoisotopic (exact) mass is 279 g/mol. The van der Waals surface area contributed by atoms with Crippen LogP contribution in [0.1, 0.15) is 25.8 Å². The van der Waals surface area contributed by atoms with Gasteiger partial charge in [-0.25, -0.2) is 0 Å². The number of rotatable bonds is 2. The summed E-state index contributed by atoms with van der Waals surface area (Å²) in [5.41, 5.74) is 6.31. The fourth-order valence-electron chi connectivity index (χ4n) is 2.13. The minimum absolute atomic E-state index is 0.0667. The van der Waals surface area contributed by atoms with E-state index in [1.54, 1.807) is 0 Å². The van der Waals surface area contributed by atoms with Gasteiger partial charge < -0.3 is 10.5 Å².